The zero-order chi connectivity index (χ0) is 21.9. The molecule has 0 amide bonds. The molecule has 0 fully saturated rings. The highest BCUT2D eigenvalue weighted by Crippen LogP contribution is 2.32. The molecule has 0 aliphatic rings. The van der Waals surface area contributed by atoms with Gasteiger partial charge in [0.25, 0.3) is 0 Å². The summed E-state index contributed by atoms with van der Waals surface area (Å²) in [4.78, 5) is 9.21. The first kappa shape index (κ1) is 21.2. The zero-order valence-corrected chi connectivity index (χ0v) is 20.0. The van der Waals surface area contributed by atoms with Crippen LogP contribution in [0.25, 0.3) is 21.6 Å². The number of hydrogen-bond donors (Lipinski definition) is 0. The molecular weight excluding hydrogens is 460 g/mol. The summed E-state index contributed by atoms with van der Waals surface area (Å²) in [7, 11) is 0. The number of aromatic nitrogens is 6. The lowest BCUT2D eigenvalue weighted by Crippen LogP contribution is -2.02. The van der Waals surface area contributed by atoms with Crippen LogP contribution in [-0.2, 0) is 18.1 Å². The van der Waals surface area contributed by atoms with Crippen molar-refractivity contribution >= 4 is 45.1 Å². The minimum atomic E-state index is 0.544. The molecule has 10 heteroatoms. The van der Waals surface area contributed by atoms with Gasteiger partial charge in [0.15, 0.2) is 9.50 Å². The fraction of sp³-hybridized carbons (Fsp3) is 0.227. The normalized spacial score (nSPS) is 11.4. The Morgan fingerprint density at radius 2 is 1.81 bits per heavy atom. The molecular formula is C22H20N6OS3. The van der Waals surface area contributed by atoms with Crippen LogP contribution in [0.5, 0.6) is 0 Å². The fourth-order valence-electron chi connectivity index (χ4n) is 3.15. The van der Waals surface area contributed by atoms with Crippen LogP contribution in [0.4, 0.5) is 0 Å². The maximum absolute atomic E-state index is 5.44. The van der Waals surface area contributed by atoms with Gasteiger partial charge in [-0.2, -0.15) is 4.98 Å². The molecule has 0 atom stereocenters. The van der Waals surface area contributed by atoms with Crippen LogP contribution in [0.3, 0.4) is 0 Å². The van der Waals surface area contributed by atoms with E-state index in [0.717, 1.165) is 38.7 Å². The van der Waals surface area contributed by atoms with Crippen LogP contribution >= 0.6 is 34.9 Å². The summed E-state index contributed by atoms with van der Waals surface area (Å²) >= 11 is 4.95. The Hall–Kier alpha value is -2.69. The van der Waals surface area contributed by atoms with Crippen molar-refractivity contribution in [3.63, 3.8) is 0 Å². The highest BCUT2D eigenvalue weighted by atomic mass is 32.2. The van der Waals surface area contributed by atoms with Crippen molar-refractivity contribution in [1.82, 2.24) is 29.9 Å². The van der Waals surface area contributed by atoms with Crippen LogP contribution in [0.1, 0.15) is 24.2 Å². The van der Waals surface area contributed by atoms with Crippen molar-refractivity contribution in [2.45, 2.75) is 41.4 Å². The minimum Gasteiger partial charge on any atom is -0.338 e. The van der Waals surface area contributed by atoms with Gasteiger partial charge in [-0.1, -0.05) is 70.6 Å². The summed E-state index contributed by atoms with van der Waals surface area (Å²) in [6, 6.07) is 16.3. The molecule has 3 aromatic heterocycles. The molecule has 5 rings (SSSR count). The number of hydrogen-bond acceptors (Lipinski definition) is 9. The number of rotatable bonds is 8. The van der Waals surface area contributed by atoms with Crippen molar-refractivity contribution in [3.05, 3.63) is 65.8 Å². The molecule has 0 saturated heterocycles. The number of thiazole rings is 1. The third-order valence-corrected chi connectivity index (χ3v) is 7.94. The predicted molar refractivity (Wildman–Crippen MR) is 129 cm³/mol. The summed E-state index contributed by atoms with van der Waals surface area (Å²) in [6.07, 6.45) is 0. The van der Waals surface area contributed by atoms with E-state index < -0.39 is 0 Å². The van der Waals surface area contributed by atoms with Crippen LogP contribution in [-0.4, -0.2) is 29.9 Å². The Bertz CT molecular complexity index is 1310. The molecule has 0 bridgehead atoms. The first-order valence-electron chi connectivity index (χ1n) is 10.1. The number of para-hydroxylation sites is 1. The average Bonchev–Trinajstić information content (AvgIpc) is 3.54. The Labute approximate surface area is 197 Å². The molecule has 0 aliphatic carbocycles. The molecule has 0 spiro atoms. The molecule has 162 valence electrons. The molecule has 0 radical (unpaired) electrons. The van der Waals surface area contributed by atoms with Gasteiger partial charge in [0, 0.05) is 12.1 Å². The predicted octanol–water partition coefficient (Wildman–Crippen LogP) is 5.85. The van der Waals surface area contributed by atoms with E-state index in [0.29, 0.717) is 17.5 Å². The summed E-state index contributed by atoms with van der Waals surface area (Å²) in [6.45, 7) is 4.95. The largest absolute Gasteiger partial charge is 0.338 e. The van der Waals surface area contributed by atoms with Crippen molar-refractivity contribution < 1.29 is 4.52 Å². The Balaban J connectivity index is 1.23. The molecule has 0 aliphatic heterocycles. The molecule has 7 nitrogen and oxygen atoms in total. The summed E-state index contributed by atoms with van der Waals surface area (Å²) < 4.78 is 9.81. The maximum Gasteiger partial charge on any atom is 0.237 e. The monoisotopic (exact) mass is 480 g/mol. The van der Waals surface area contributed by atoms with Crippen molar-refractivity contribution in [3.8, 4) is 11.4 Å². The SMILES string of the molecule is CCn1c(CSc2nc3ccccc3s2)nnc1SCc1nc(-c2ccc(C)cc2)no1. The zero-order valence-electron chi connectivity index (χ0n) is 17.6. The third-order valence-electron chi connectivity index (χ3n) is 4.81. The molecule has 0 unspecified atom stereocenters. The highest BCUT2D eigenvalue weighted by Gasteiger charge is 2.15. The number of benzene rings is 2. The Morgan fingerprint density at radius 3 is 2.62 bits per heavy atom. The lowest BCUT2D eigenvalue weighted by atomic mass is 10.1. The second-order valence-corrected chi connectivity index (χ2v) is 10.2. The molecule has 0 N–H and O–H groups in total. The van der Waals surface area contributed by atoms with Crippen molar-refractivity contribution in [2.24, 2.45) is 0 Å². The van der Waals surface area contributed by atoms with E-state index in [1.807, 2.05) is 42.5 Å². The van der Waals surface area contributed by atoms with E-state index in [4.69, 9.17) is 4.52 Å². The van der Waals surface area contributed by atoms with Gasteiger partial charge in [-0.3, -0.25) is 0 Å². The van der Waals surface area contributed by atoms with Gasteiger partial charge in [-0.25, -0.2) is 4.98 Å². The second kappa shape index (κ2) is 9.43. The second-order valence-electron chi connectivity index (χ2n) is 7.05. The molecule has 5 aromatic rings. The Kier molecular flexibility index (Phi) is 6.24. The molecule has 3 heterocycles. The first-order chi connectivity index (χ1) is 15.7. The van der Waals surface area contributed by atoms with E-state index in [-0.39, 0.29) is 0 Å². The van der Waals surface area contributed by atoms with Gasteiger partial charge < -0.3 is 9.09 Å². The minimum absolute atomic E-state index is 0.544. The van der Waals surface area contributed by atoms with E-state index in [2.05, 4.69) is 49.8 Å². The molecule has 32 heavy (non-hydrogen) atoms. The van der Waals surface area contributed by atoms with Gasteiger partial charge in [0.1, 0.15) is 5.82 Å². The summed E-state index contributed by atoms with van der Waals surface area (Å²) in [5.41, 5.74) is 3.18. The van der Waals surface area contributed by atoms with Crippen LogP contribution < -0.4 is 0 Å². The van der Waals surface area contributed by atoms with Gasteiger partial charge in [-0.15, -0.1) is 21.5 Å². The number of nitrogens with zero attached hydrogens (tertiary/aromatic N) is 6. The highest BCUT2D eigenvalue weighted by molar-refractivity contribution is 8.00. The lowest BCUT2D eigenvalue weighted by molar-refractivity contribution is 0.391. The first-order valence-corrected chi connectivity index (χ1v) is 12.9. The standard InChI is InChI=1S/C22H20N6OS3/c1-3-28-18(12-31-22-23-16-6-4-5-7-17(16)32-22)25-26-21(28)30-13-19-24-20(27-29-19)15-10-8-14(2)9-11-15/h4-11H,3,12-13H2,1-2H3. The lowest BCUT2D eigenvalue weighted by Gasteiger charge is -2.05. The van der Waals surface area contributed by atoms with Crippen molar-refractivity contribution in [1.29, 1.82) is 0 Å². The molecule has 0 saturated carbocycles. The van der Waals surface area contributed by atoms with Gasteiger partial charge >= 0.3 is 0 Å². The summed E-state index contributed by atoms with van der Waals surface area (Å²) in [5.74, 6) is 3.37. The third kappa shape index (κ3) is 4.57. The quantitative estimate of drug-likeness (QED) is 0.256. The summed E-state index contributed by atoms with van der Waals surface area (Å²) in [5, 5.41) is 13.8. The maximum atomic E-state index is 5.44. The Morgan fingerprint density at radius 1 is 0.969 bits per heavy atom. The van der Waals surface area contributed by atoms with E-state index in [1.165, 1.54) is 10.3 Å². The average molecular weight is 481 g/mol. The van der Waals surface area contributed by atoms with E-state index >= 15 is 0 Å². The van der Waals surface area contributed by atoms with E-state index in [9.17, 15) is 0 Å². The smallest absolute Gasteiger partial charge is 0.237 e. The van der Waals surface area contributed by atoms with Gasteiger partial charge in [-0.05, 0) is 26.0 Å². The van der Waals surface area contributed by atoms with Gasteiger partial charge in [0.05, 0.1) is 21.7 Å². The van der Waals surface area contributed by atoms with Crippen LogP contribution in [0.2, 0.25) is 0 Å². The number of aryl methyl sites for hydroxylation is 1. The fourth-order valence-corrected chi connectivity index (χ4v) is 6.02. The number of fused-ring (bicyclic) bond motifs is 1. The topological polar surface area (TPSA) is 82.5 Å². The van der Waals surface area contributed by atoms with Crippen LogP contribution in [0.15, 0.2) is 62.6 Å². The number of thioether (sulfide) groups is 2. The van der Waals surface area contributed by atoms with Crippen molar-refractivity contribution in [2.75, 3.05) is 0 Å². The van der Waals surface area contributed by atoms with Crippen LogP contribution in [0, 0.1) is 6.92 Å². The molecule has 2 aromatic carbocycles. The van der Waals surface area contributed by atoms with Gasteiger partial charge in [0.2, 0.25) is 11.7 Å². The van der Waals surface area contributed by atoms with E-state index in [1.54, 1.807) is 34.9 Å².